The molecule has 5 nitrogen and oxygen atoms in total. The van der Waals surface area contributed by atoms with E-state index in [9.17, 15) is 14.4 Å². The monoisotopic (exact) mass is 440 g/mol. The highest BCUT2D eigenvalue weighted by Gasteiger charge is 2.20. The molecule has 0 spiro atoms. The number of nitrogens with zero attached hydrogens (tertiary/aromatic N) is 1. The van der Waals surface area contributed by atoms with Crippen LogP contribution < -0.4 is 20.1 Å². The Morgan fingerprint density at radius 1 is 1.25 bits per heavy atom. The Hall–Kier alpha value is -1.89. The number of hydrogen-bond acceptors (Lipinski definition) is 4. The summed E-state index contributed by atoms with van der Waals surface area (Å²) in [6, 6.07) is 4.98. The van der Waals surface area contributed by atoms with Gasteiger partial charge in [0.25, 0.3) is 5.56 Å². The van der Waals surface area contributed by atoms with Gasteiger partial charge in [-0.05, 0) is 30.7 Å². The minimum atomic E-state index is -0.597. The number of rotatable bonds is 5. The SMILES string of the molecule is CCNC(=O)Cn1c(=O)/c(=C/c2ccc(Cl)cc2Cl)s/c1=C\C(=O)C(C)(C)C. The van der Waals surface area contributed by atoms with Gasteiger partial charge in [0.05, 0.1) is 4.53 Å². The standard InChI is InChI=1S/C20H22Cl2N2O3S/c1-5-23-17(26)11-24-18(10-16(25)20(2,3)4)28-15(19(24)27)8-12-6-7-13(21)9-14(12)22/h6-10H,5,11H2,1-4H3,(H,23,26)/b15-8-,18-10-. The zero-order chi connectivity index (χ0) is 21.1. The molecule has 0 aliphatic rings. The highest BCUT2D eigenvalue weighted by molar-refractivity contribution is 7.07. The van der Waals surface area contributed by atoms with Gasteiger partial charge in [-0.1, -0.05) is 50.0 Å². The summed E-state index contributed by atoms with van der Waals surface area (Å²) in [4.78, 5) is 37.4. The second-order valence-corrected chi connectivity index (χ2v) is 9.12. The van der Waals surface area contributed by atoms with Crippen molar-refractivity contribution in [3.8, 4) is 0 Å². The average Bonchev–Trinajstić information content (AvgIpc) is 2.85. The topological polar surface area (TPSA) is 68.2 Å². The number of hydrogen-bond donors (Lipinski definition) is 1. The summed E-state index contributed by atoms with van der Waals surface area (Å²) in [7, 11) is 0. The predicted octanol–water partition coefficient (Wildman–Crippen LogP) is 2.58. The first-order valence-corrected chi connectivity index (χ1v) is 10.3. The number of halogens is 2. The lowest BCUT2D eigenvalue weighted by atomic mass is 9.91. The van der Waals surface area contributed by atoms with Gasteiger partial charge in [0, 0.05) is 28.1 Å². The molecule has 0 saturated carbocycles. The molecule has 1 amide bonds. The molecule has 0 radical (unpaired) electrons. The van der Waals surface area contributed by atoms with E-state index in [0.717, 1.165) is 11.3 Å². The molecular weight excluding hydrogens is 419 g/mol. The third kappa shape index (κ3) is 5.56. The molecule has 0 bridgehead atoms. The van der Waals surface area contributed by atoms with Crippen molar-refractivity contribution in [2.75, 3.05) is 6.54 Å². The molecule has 1 heterocycles. The fourth-order valence-corrected chi connectivity index (χ4v) is 3.77. The van der Waals surface area contributed by atoms with Crippen molar-refractivity contribution in [1.82, 2.24) is 9.88 Å². The number of ketones is 1. The Labute approximate surface area is 177 Å². The van der Waals surface area contributed by atoms with E-state index in [1.165, 1.54) is 10.6 Å². The van der Waals surface area contributed by atoms with E-state index < -0.39 is 5.41 Å². The normalized spacial score (nSPS) is 13.1. The van der Waals surface area contributed by atoms with Crippen LogP contribution in [0.4, 0.5) is 0 Å². The van der Waals surface area contributed by atoms with Crippen molar-refractivity contribution in [2.45, 2.75) is 34.2 Å². The first-order valence-electron chi connectivity index (χ1n) is 8.72. The number of amides is 1. The van der Waals surface area contributed by atoms with Gasteiger partial charge in [-0.25, -0.2) is 0 Å². The van der Waals surface area contributed by atoms with Crippen LogP contribution >= 0.6 is 34.5 Å². The maximum atomic E-state index is 12.9. The molecule has 1 N–H and O–H groups in total. The van der Waals surface area contributed by atoms with Crippen LogP contribution in [0.15, 0.2) is 23.0 Å². The molecule has 0 aliphatic carbocycles. The molecule has 0 atom stereocenters. The summed E-state index contributed by atoms with van der Waals surface area (Å²) >= 11 is 13.3. The first kappa shape index (κ1) is 22.4. The fourth-order valence-electron chi connectivity index (χ4n) is 2.28. The number of thiazole rings is 1. The average molecular weight is 441 g/mol. The van der Waals surface area contributed by atoms with Crippen LogP contribution in [0.25, 0.3) is 12.2 Å². The van der Waals surface area contributed by atoms with Crippen molar-refractivity contribution in [3.63, 3.8) is 0 Å². The van der Waals surface area contributed by atoms with Crippen molar-refractivity contribution in [3.05, 3.63) is 53.4 Å². The molecule has 2 rings (SSSR count). The molecule has 28 heavy (non-hydrogen) atoms. The second-order valence-electron chi connectivity index (χ2n) is 7.22. The molecular formula is C20H22Cl2N2O3S. The maximum absolute atomic E-state index is 12.9. The van der Waals surface area contributed by atoms with E-state index in [2.05, 4.69) is 5.32 Å². The zero-order valence-electron chi connectivity index (χ0n) is 16.1. The third-order valence-electron chi connectivity index (χ3n) is 3.86. The van der Waals surface area contributed by atoms with Crippen LogP contribution in [0.3, 0.4) is 0 Å². The summed E-state index contributed by atoms with van der Waals surface area (Å²) in [5, 5.41) is 3.57. The smallest absolute Gasteiger partial charge is 0.269 e. The molecule has 2 aromatic rings. The Balaban J connectivity index is 2.67. The Morgan fingerprint density at radius 2 is 1.93 bits per heavy atom. The number of benzene rings is 1. The van der Waals surface area contributed by atoms with Gasteiger partial charge in [-0.2, -0.15) is 0 Å². The van der Waals surface area contributed by atoms with Crippen LogP contribution in [0.2, 0.25) is 10.0 Å². The van der Waals surface area contributed by atoms with E-state index >= 15 is 0 Å². The van der Waals surface area contributed by atoms with Crippen molar-refractivity contribution in [1.29, 1.82) is 0 Å². The summed E-state index contributed by atoms with van der Waals surface area (Å²) in [6.45, 7) is 7.49. The van der Waals surface area contributed by atoms with Gasteiger partial charge in [0.15, 0.2) is 5.78 Å². The largest absolute Gasteiger partial charge is 0.355 e. The Morgan fingerprint density at radius 3 is 2.50 bits per heavy atom. The summed E-state index contributed by atoms with van der Waals surface area (Å²) < 4.78 is 2.11. The lowest BCUT2D eigenvalue weighted by molar-refractivity contribution is -0.122. The Bertz CT molecular complexity index is 1080. The molecule has 0 unspecified atom stereocenters. The van der Waals surface area contributed by atoms with E-state index in [0.29, 0.717) is 31.3 Å². The molecule has 1 aromatic heterocycles. The van der Waals surface area contributed by atoms with Crippen molar-refractivity contribution < 1.29 is 9.59 Å². The van der Waals surface area contributed by atoms with Gasteiger partial charge in [0.2, 0.25) is 5.91 Å². The molecule has 0 saturated heterocycles. The number of carbonyl (C=O) groups excluding carboxylic acids is 2. The summed E-state index contributed by atoms with van der Waals surface area (Å²) in [5.74, 6) is -0.425. The van der Waals surface area contributed by atoms with Crippen LogP contribution in [0.5, 0.6) is 0 Å². The number of likely N-dealkylation sites (N-methyl/N-ethyl adjacent to an activating group) is 1. The number of carbonyl (C=O) groups is 2. The minimum absolute atomic E-state index is 0.130. The minimum Gasteiger partial charge on any atom is -0.355 e. The van der Waals surface area contributed by atoms with Gasteiger partial charge < -0.3 is 5.32 Å². The summed E-state index contributed by atoms with van der Waals surface area (Å²) in [6.07, 6.45) is 3.06. The molecule has 1 aromatic carbocycles. The van der Waals surface area contributed by atoms with Gasteiger partial charge >= 0.3 is 0 Å². The van der Waals surface area contributed by atoms with Crippen LogP contribution in [0, 0.1) is 5.41 Å². The Kier molecular flexibility index (Phi) is 7.26. The third-order valence-corrected chi connectivity index (χ3v) is 5.48. The molecule has 0 aliphatic heterocycles. The van der Waals surface area contributed by atoms with E-state index in [1.54, 1.807) is 52.0 Å². The van der Waals surface area contributed by atoms with Crippen LogP contribution in [-0.2, 0) is 16.1 Å². The highest BCUT2D eigenvalue weighted by Crippen LogP contribution is 2.21. The van der Waals surface area contributed by atoms with Crippen molar-refractivity contribution in [2.24, 2.45) is 5.41 Å². The number of Topliss-reactive ketones (excluding diaryl/α,β-unsaturated/α-hetero) is 1. The maximum Gasteiger partial charge on any atom is 0.269 e. The van der Waals surface area contributed by atoms with Gasteiger partial charge in [-0.15, -0.1) is 11.3 Å². The van der Waals surface area contributed by atoms with Crippen molar-refractivity contribution >= 4 is 58.4 Å². The van der Waals surface area contributed by atoms with Gasteiger partial charge in [0.1, 0.15) is 11.2 Å². The predicted molar refractivity (Wildman–Crippen MR) is 115 cm³/mol. The molecule has 150 valence electrons. The second kappa shape index (κ2) is 9.07. The van der Waals surface area contributed by atoms with E-state index in [1.807, 2.05) is 0 Å². The zero-order valence-corrected chi connectivity index (χ0v) is 18.5. The number of aromatic nitrogens is 1. The van der Waals surface area contributed by atoms with Crippen LogP contribution in [-0.4, -0.2) is 22.8 Å². The fraction of sp³-hybridized carbons (Fsp3) is 0.350. The lowest BCUT2D eigenvalue weighted by Gasteiger charge is -2.12. The van der Waals surface area contributed by atoms with E-state index in [-0.39, 0.29) is 23.8 Å². The van der Waals surface area contributed by atoms with Gasteiger partial charge in [-0.3, -0.25) is 19.0 Å². The number of nitrogens with one attached hydrogen (secondary N) is 1. The molecule has 0 fully saturated rings. The van der Waals surface area contributed by atoms with E-state index in [4.69, 9.17) is 23.2 Å². The summed E-state index contributed by atoms with van der Waals surface area (Å²) in [5.41, 5.74) is -0.321. The first-order chi connectivity index (χ1) is 13.0. The molecule has 8 heteroatoms. The quantitative estimate of drug-likeness (QED) is 0.776. The highest BCUT2D eigenvalue weighted by atomic mass is 35.5. The van der Waals surface area contributed by atoms with Crippen LogP contribution in [0.1, 0.15) is 33.3 Å². The lowest BCUT2D eigenvalue weighted by Crippen LogP contribution is -2.38.